The highest BCUT2D eigenvalue weighted by Gasteiger charge is 2.07. The summed E-state index contributed by atoms with van der Waals surface area (Å²) in [6.45, 7) is 6.00. The summed E-state index contributed by atoms with van der Waals surface area (Å²) in [5.41, 5.74) is 10.6. The second-order valence-corrected chi connectivity index (χ2v) is 4.56. The quantitative estimate of drug-likeness (QED) is 0.885. The highest BCUT2D eigenvalue weighted by molar-refractivity contribution is 5.65. The fourth-order valence-electron chi connectivity index (χ4n) is 1.93. The standard InChI is InChI=1S/C15H19N3O/c1-9-10(2)14(19-4)7-6-13(9)18-15-8-5-12(16)11(3)17-15/h5-8H,16H2,1-4H3,(H,17,18). The third kappa shape index (κ3) is 2.62. The van der Waals surface area contributed by atoms with E-state index >= 15 is 0 Å². The van der Waals surface area contributed by atoms with Crippen molar-refractivity contribution in [2.24, 2.45) is 0 Å². The van der Waals surface area contributed by atoms with Crippen molar-refractivity contribution in [1.29, 1.82) is 0 Å². The molecule has 4 nitrogen and oxygen atoms in total. The van der Waals surface area contributed by atoms with Gasteiger partial charge in [0.25, 0.3) is 0 Å². The van der Waals surface area contributed by atoms with Gasteiger partial charge in [0.1, 0.15) is 11.6 Å². The molecule has 2 aromatic rings. The van der Waals surface area contributed by atoms with Gasteiger partial charge in [0.15, 0.2) is 0 Å². The maximum absolute atomic E-state index is 5.77. The van der Waals surface area contributed by atoms with Crippen LogP contribution in [-0.4, -0.2) is 12.1 Å². The summed E-state index contributed by atoms with van der Waals surface area (Å²) < 4.78 is 5.31. The molecule has 1 aromatic carbocycles. The highest BCUT2D eigenvalue weighted by Crippen LogP contribution is 2.29. The van der Waals surface area contributed by atoms with Crippen LogP contribution >= 0.6 is 0 Å². The Balaban J connectivity index is 2.33. The van der Waals surface area contributed by atoms with Crippen LogP contribution in [0.1, 0.15) is 16.8 Å². The predicted octanol–water partition coefficient (Wildman–Crippen LogP) is 3.34. The third-order valence-electron chi connectivity index (χ3n) is 3.35. The van der Waals surface area contributed by atoms with Gasteiger partial charge in [0.2, 0.25) is 0 Å². The summed E-state index contributed by atoms with van der Waals surface area (Å²) in [6, 6.07) is 7.68. The smallest absolute Gasteiger partial charge is 0.130 e. The molecule has 0 saturated heterocycles. The maximum Gasteiger partial charge on any atom is 0.130 e. The third-order valence-corrected chi connectivity index (χ3v) is 3.35. The molecule has 0 saturated carbocycles. The monoisotopic (exact) mass is 257 g/mol. The summed E-state index contributed by atoms with van der Waals surface area (Å²) in [7, 11) is 1.68. The van der Waals surface area contributed by atoms with Crippen molar-refractivity contribution in [2.75, 3.05) is 18.2 Å². The fourth-order valence-corrected chi connectivity index (χ4v) is 1.93. The number of benzene rings is 1. The van der Waals surface area contributed by atoms with Gasteiger partial charge in [-0.25, -0.2) is 4.98 Å². The first-order valence-electron chi connectivity index (χ1n) is 6.17. The topological polar surface area (TPSA) is 60.2 Å². The summed E-state index contributed by atoms with van der Waals surface area (Å²) in [4.78, 5) is 4.41. The van der Waals surface area contributed by atoms with E-state index in [4.69, 9.17) is 10.5 Å². The molecule has 0 aliphatic rings. The Hall–Kier alpha value is -2.23. The zero-order chi connectivity index (χ0) is 14.0. The molecule has 0 spiro atoms. The Morgan fingerprint density at radius 1 is 1.05 bits per heavy atom. The average Bonchev–Trinajstić information content (AvgIpc) is 2.40. The normalized spacial score (nSPS) is 10.3. The van der Waals surface area contributed by atoms with Crippen LogP contribution in [0.2, 0.25) is 0 Å². The number of nitrogens with one attached hydrogen (secondary N) is 1. The molecule has 0 aliphatic carbocycles. The first kappa shape index (κ1) is 13.2. The summed E-state index contributed by atoms with van der Waals surface area (Å²) in [5.74, 6) is 1.68. The van der Waals surface area contributed by atoms with Crippen LogP contribution in [0.5, 0.6) is 5.75 Å². The number of nitrogens with two attached hydrogens (primary N) is 1. The van der Waals surface area contributed by atoms with Gasteiger partial charge >= 0.3 is 0 Å². The Morgan fingerprint density at radius 3 is 2.42 bits per heavy atom. The van der Waals surface area contributed by atoms with E-state index < -0.39 is 0 Å². The van der Waals surface area contributed by atoms with Crippen LogP contribution < -0.4 is 15.8 Å². The number of pyridine rings is 1. The van der Waals surface area contributed by atoms with E-state index in [1.807, 2.05) is 38.1 Å². The second kappa shape index (κ2) is 5.18. The minimum atomic E-state index is 0.702. The van der Waals surface area contributed by atoms with Gasteiger partial charge < -0.3 is 15.8 Å². The molecule has 0 radical (unpaired) electrons. The number of ether oxygens (including phenoxy) is 1. The molecule has 1 heterocycles. The molecular formula is C15H19N3O. The highest BCUT2D eigenvalue weighted by atomic mass is 16.5. The second-order valence-electron chi connectivity index (χ2n) is 4.56. The first-order chi connectivity index (χ1) is 9.02. The minimum Gasteiger partial charge on any atom is -0.496 e. The van der Waals surface area contributed by atoms with Crippen molar-refractivity contribution < 1.29 is 4.74 Å². The molecule has 1 aromatic heterocycles. The molecule has 100 valence electrons. The average molecular weight is 257 g/mol. The van der Waals surface area contributed by atoms with E-state index in [2.05, 4.69) is 17.2 Å². The minimum absolute atomic E-state index is 0.702. The summed E-state index contributed by atoms with van der Waals surface area (Å²) >= 11 is 0. The Kier molecular flexibility index (Phi) is 3.60. The van der Waals surface area contributed by atoms with Crippen LogP contribution in [0.25, 0.3) is 0 Å². The fraction of sp³-hybridized carbons (Fsp3) is 0.267. The zero-order valence-electron chi connectivity index (χ0n) is 11.7. The van der Waals surface area contributed by atoms with Crippen molar-refractivity contribution in [1.82, 2.24) is 4.98 Å². The lowest BCUT2D eigenvalue weighted by molar-refractivity contribution is 0.411. The maximum atomic E-state index is 5.77. The number of nitrogen functional groups attached to an aromatic ring is 1. The predicted molar refractivity (Wildman–Crippen MR) is 79.1 cm³/mol. The van der Waals surface area contributed by atoms with Gasteiger partial charge in [-0.15, -0.1) is 0 Å². The SMILES string of the molecule is COc1ccc(Nc2ccc(N)c(C)n2)c(C)c1C. The van der Waals surface area contributed by atoms with Gasteiger partial charge in [-0.3, -0.25) is 0 Å². The van der Waals surface area contributed by atoms with E-state index in [0.29, 0.717) is 5.69 Å². The van der Waals surface area contributed by atoms with Crippen LogP contribution in [-0.2, 0) is 0 Å². The van der Waals surface area contributed by atoms with Crippen LogP contribution in [0, 0.1) is 20.8 Å². The lowest BCUT2D eigenvalue weighted by Gasteiger charge is -2.14. The van der Waals surface area contributed by atoms with E-state index in [1.165, 1.54) is 0 Å². The van der Waals surface area contributed by atoms with Gasteiger partial charge in [-0.1, -0.05) is 0 Å². The van der Waals surface area contributed by atoms with Crippen molar-refractivity contribution >= 4 is 17.2 Å². The number of anilines is 3. The Bertz CT molecular complexity index is 609. The number of aryl methyl sites for hydroxylation is 1. The number of nitrogens with zero attached hydrogens (tertiary/aromatic N) is 1. The van der Waals surface area contributed by atoms with Gasteiger partial charge in [-0.2, -0.15) is 0 Å². The van der Waals surface area contributed by atoms with E-state index in [0.717, 1.165) is 34.1 Å². The van der Waals surface area contributed by atoms with Gasteiger partial charge in [0, 0.05) is 5.69 Å². The lowest BCUT2D eigenvalue weighted by Crippen LogP contribution is -2.01. The largest absolute Gasteiger partial charge is 0.496 e. The number of methoxy groups -OCH3 is 1. The number of rotatable bonds is 3. The van der Waals surface area contributed by atoms with Crippen molar-refractivity contribution in [3.8, 4) is 5.75 Å². The first-order valence-corrected chi connectivity index (χ1v) is 6.17. The molecule has 4 heteroatoms. The van der Waals surface area contributed by atoms with Gasteiger partial charge in [0.05, 0.1) is 18.5 Å². The Morgan fingerprint density at radius 2 is 1.79 bits per heavy atom. The molecule has 0 aliphatic heterocycles. The molecule has 19 heavy (non-hydrogen) atoms. The van der Waals surface area contributed by atoms with Crippen molar-refractivity contribution in [2.45, 2.75) is 20.8 Å². The zero-order valence-corrected chi connectivity index (χ0v) is 11.7. The molecule has 3 N–H and O–H groups in total. The molecular weight excluding hydrogens is 238 g/mol. The van der Waals surface area contributed by atoms with Crippen molar-refractivity contribution in [3.05, 3.63) is 41.1 Å². The van der Waals surface area contributed by atoms with E-state index in [1.54, 1.807) is 7.11 Å². The molecule has 0 amide bonds. The molecule has 0 bridgehead atoms. The van der Waals surface area contributed by atoms with Crippen LogP contribution in [0.4, 0.5) is 17.2 Å². The lowest BCUT2D eigenvalue weighted by atomic mass is 10.1. The molecule has 0 fully saturated rings. The molecule has 2 rings (SSSR count). The number of aromatic nitrogens is 1. The summed E-state index contributed by atoms with van der Waals surface area (Å²) in [6.07, 6.45) is 0. The van der Waals surface area contributed by atoms with Crippen molar-refractivity contribution in [3.63, 3.8) is 0 Å². The molecule has 0 unspecified atom stereocenters. The number of hydrogen-bond donors (Lipinski definition) is 2. The van der Waals surface area contributed by atoms with Gasteiger partial charge in [-0.05, 0) is 56.2 Å². The van der Waals surface area contributed by atoms with Crippen LogP contribution in [0.15, 0.2) is 24.3 Å². The number of hydrogen-bond acceptors (Lipinski definition) is 4. The van der Waals surface area contributed by atoms with E-state index in [-0.39, 0.29) is 0 Å². The Labute approximate surface area is 113 Å². The molecule has 0 atom stereocenters. The van der Waals surface area contributed by atoms with Crippen LogP contribution in [0.3, 0.4) is 0 Å². The van der Waals surface area contributed by atoms with E-state index in [9.17, 15) is 0 Å². The summed E-state index contributed by atoms with van der Waals surface area (Å²) in [5, 5.41) is 3.31.